The van der Waals surface area contributed by atoms with Gasteiger partial charge in [-0.05, 0) is 63.3 Å². The molecule has 0 aromatic carbocycles. The van der Waals surface area contributed by atoms with Crippen LogP contribution in [0.15, 0.2) is 0 Å². The first-order valence-corrected chi connectivity index (χ1v) is 9.26. The molecule has 3 heteroatoms. The predicted octanol–water partition coefficient (Wildman–Crippen LogP) is 3.52. The van der Waals surface area contributed by atoms with E-state index in [1.807, 2.05) is 0 Å². The maximum Gasteiger partial charge on any atom is 0.0729 e. The zero-order chi connectivity index (χ0) is 14.5. The number of ether oxygens (including phenoxy) is 2. The van der Waals surface area contributed by atoms with E-state index in [-0.39, 0.29) is 5.60 Å². The molecule has 0 bridgehead atoms. The second-order valence-electron chi connectivity index (χ2n) is 7.47. The van der Waals surface area contributed by atoms with Crippen molar-refractivity contribution in [2.45, 2.75) is 76.4 Å². The fraction of sp³-hybridized carbons (Fsp3) is 1.00. The van der Waals surface area contributed by atoms with Crippen LogP contribution in [-0.4, -0.2) is 38.0 Å². The smallest absolute Gasteiger partial charge is 0.0729 e. The maximum absolute atomic E-state index is 6.22. The Morgan fingerprint density at radius 1 is 1.05 bits per heavy atom. The van der Waals surface area contributed by atoms with Gasteiger partial charge in [-0.2, -0.15) is 0 Å². The number of rotatable bonds is 4. The second kappa shape index (κ2) is 7.43. The van der Waals surface area contributed by atoms with E-state index in [0.29, 0.717) is 0 Å². The molecule has 3 unspecified atom stereocenters. The molecule has 3 fully saturated rings. The normalized spacial score (nSPS) is 36.7. The highest BCUT2D eigenvalue weighted by Crippen LogP contribution is 2.43. The first-order chi connectivity index (χ1) is 10.3. The van der Waals surface area contributed by atoms with Crippen LogP contribution in [0.1, 0.15) is 64.7 Å². The minimum Gasteiger partial charge on any atom is -0.381 e. The molecule has 1 aliphatic carbocycles. The van der Waals surface area contributed by atoms with Crippen molar-refractivity contribution in [3.05, 3.63) is 0 Å². The molecule has 1 saturated carbocycles. The van der Waals surface area contributed by atoms with E-state index in [9.17, 15) is 0 Å². The Morgan fingerprint density at radius 3 is 2.71 bits per heavy atom. The van der Waals surface area contributed by atoms with Crippen LogP contribution in [0.25, 0.3) is 0 Å². The lowest BCUT2D eigenvalue weighted by molar-refractivity contribution is -0.154. The second-order valence-corrected chi connectivity index (χ2v) is 7.47. The van der Waals surface area contributed by atoms with Crippen LogP contribution in [0, 0.1) is 11.8 Å². The fourth-order valence-corrected chi connectivity index (χ4v) is 4.75. The highest BCUT2D eigenvalue weighted by molar-refractivity contribution is 4.92. The molecule has 2 heterocycles. The summed E-state index contributed by atoms with van der Waals surface area (Å²) in [6.07, 6.45) is 11.7. The van der Waals surface area contributed by atoms with Gasteiger partial charge in [-0.15, -0.1) is 0 Å². The summed E-state index contributed by atoms with van der Waals surface area (Å²) in [5.74, 6) is 1.82. The van der Waals surface area contributed by atoms with Crippen molar-refractivity contribution in [2.24, 2.45) is 11.8 Å². The summed E-state index contributed by atoms with van der Waals surface area (Å²) in [4.78, 5) is 0. The summed E-state index contributed by atoms with van der Waals surface area (Å²) in [6.45, 7) is 6.23. The van der Waals surface area contributed by atoms with Crippen molar-refractivity contribution in [3.63, 3.8) is 0 Å². The van der Waals surface area contributed by atoms with Gasteiger partial charge >= 0.3 is 0 Å². The monoisotopic (exact) mass is 295 g/mol. The van der Waals surface area contributed by atoms with Crippen molar-refractivity contribution in [1.82, 2.24) is 5.32 Å². The van der Waals surface area contributed by atoms with Gasteiger partial charge in [0.05, 0.1) is 5.60 Å². The van der Waals surface area contributed by atoms with Crippen LogP contribution in [0.2, 0.25) is 0 Å². The van der Waals surface area contributed by atoms with E-state index >= 15 is 0 Å². The Labute approximate surface area is 130 Å². The van der Waals surface area contributed by atoms with Crippen LogP contribution in [0.4, 0.5) is 0 Å². The zero-order valence-corrected chi connectivity index (χ0v) is 13.7. The van der Waals surface area contributed by atoms with E-state index in [2.05, 4.69) is 12.2 Å². The Hall–Kier alpha value is -0.120. The highest BCUT2D eigenvalue weighted by atomic mass is 16.5. The van der Waals surface area contributed by atoms with Crippen LogP contribution in [0.5, 0.6) is 0 Å². The van der Waals surface area contributed by atoms with E-state index in [0.717, 1.165) is 50.5 Å². The van der Waals surface area contributed by atoms with Gasteiger partial charge in [0.25, 0.3) is 0 Å². The molecule has 1 spiro atoms. The molecule has 0 radical (unpaired) electrons. The first kappa shape index (κ1) is 15.8. The van der Waals surface area contributed by atoms with E-state index in [1.54, 1.807) is 0 Å². The number of hydrogen-bond donors (Lipinski definition) is 1. The maximum atomic E-state index is 6.22. The summed E-state index contributed by atoms with van der Waals surface area (Å²) in [5.41, 5.74) is 0.172. The molecule has 3 atom stereocenters. The molecule has 3 aliphatic rings. The van der Waals surface area contributed by atoms with Crippen molar-refractivity contribution < 1.29 is 9.47 Å². The molecular formula is C18H33NO2. The summed E-state index contributed by atoms with van der Waals surface area (Å²) < 4.78 is 11.8. The summed E-state index contributed by atoms with van der Waals surface area (Å²) in [7, 11) is 0. The molecule has 0 aromatic rings. The summed E-state index contributed by atoms with van der Waals surface area (Å²) >= 11 is 0. The minimum atomic E-state index is 0.172. The predicted molar refractivity (Wildman–Crippen MR) is 85.5 cm³/mol. The van der Waals surface area contributed by atoms with E-state index in [4.69, 9.17) is 9.47 Å². The number of hydrogen-bond acceptors (Lipinski definition) is 3. The number of nitrogens with one attached hydrogen (secondary N) is 1. The Bertz CT molecular complexity index is 309. The lowest BCUT2D eigenvalue weighted by Gasteiger charge is -2.46. The topological polar surface area (TPSA) is 30.5 Å². The van der Waals surface area contributed by atoms with Gasteiger partial charge < -0.3 is 14.8 Å². The molecule has 2 saturated heterocycles. The summed E-state index contributed by atoms with van der Waals surface area (Å²) in [5, 5.41) is 3.76. The zero-order valence-electron chi connectivity index (χ0n) is 13.7. The Balaban J connectivity index is 1.55. The molecule has 0 amide bonds. The average molecular weight is 295 g/mol. The minimum absolute atomic E-state index is 0.172. The van der Waals surface area contributed by atoms with Crippen LogP contribution >= 0.6 is 0 Å². The van der Waals surface area contributed by atoms with Gasteiger partial charge in [0.2, 0.25) is 0 Å². The fourth-order valence-electron chi connectivity index (χ4n) is 4.75. The van der Waals surface area contributed by atoms with Crippen molar-refractivity contribution in [2.75, 3.05) is 26.4 Å². The van der Waals surface area contributed by atoms with Gasteiger partial charge in [0.1, 0.15) is 0 Å². The molecule has 0 aromatic heterocycles. The molecule has 3 rings (SSSR count). The molecule has 3 nitrogen and oxygen atoms in total. The summed E-state index contributed by atoms with van der Waals surface area (Å²) in [6, 6.07) is 0.775. The third kappa shape index (κ3) is 4.00. The Morgan fingerprint density at radius 2 is 1.90 bits per heavy atom. The standard InChI is InChI=1S/C18H33NO2/c1-2-9-19-17-5-3-4-15(13-17)16-6-10-21-18(14-16)7-11-20-12-8-18/h15-17,19H,2-14H2,1H3. The van der Waals surface area contributed by atoms with Crippen LogP contribution in [0.3, 0.4) is 0 Å². The molecule has 122 valence electrons. The first-order valence-electron chi connectivity index (χ1n) is 9.26. The van der Waals surface area contributed by atoms with E-state index < -0.39 is 0 Å². The van der Waals surface area contributed by atoms with E-state index in [1.165, 1.54) is 51.5 Å². The molecule has 1 N–H and O–H groups in total. The van der Waals surface area contributed by atoms with Gasteiger partial charge in [-0.3, -0.25) is 0 Å². The highest BCUT2D eigenvalue weighted by Gasteiger charge is 2.41. The van der Waals surface area contributed by atoms with Gasteiger partial charge in [-0.25, -0.2) is 0 Å². The van der Waals surface area contributed by atoms with Gasteiger partial charge in [0, 0.05) is 25.9 Å². The van der Waals surface area contributed by atoms with Crippen LogP contribution < -0.4 is 5.32 Å². The largest absolute Gasteiger partial charge is 0.381 e. The lowest BCUT2D eigenvalue weighted by Crippen LogP contribution is -2.47. The third-order valence-corrected chi connectivity index (χ3v) is 6.00. The van der Waals surface area contributed by atoms with Gasteiger partial charge in [-0.1, -0.05) is 19.8 Å². The SMILES string of the molecule is CCCNC1CCCC(C2CCOC3(CCOCC3)C2)C1. The lowest BCUT2D eigenvalue weighted by atomic mass is 9.70. The van der Waals surface area contributed by atoms with Crippen LogP contribution in [-0.2, 0) is 9.47 Å². The quantitative estimate of drug-likeness (QED) is 0.861. The Kier molecular flexibility index (Phi) is 5.58. The third-order valence-electron chi connectivity index (χ3n) is 6.00. The van der Waals surface area contributed by atoms with Crippen molar-refractivity contribution in [1.29, 1.82) is 0 Å². The van der Waals surface area contributed by atoms with Crippen molar-refractivity contribution >= 4 is 0 Å². The average Bonchev–Trinajstić information content (AvgIpc) is 2.54. The van der Waals surface area contributed by atoms with Crippen molar-refractivity contribution in [3.8, 4) is 0 Å². The molecular weight excluding hydrogens is 262 g/mol. The molecule has 2 aliphatic heterocycles. The van der Waals surface area contributed by atoms with Gasteiger partial charge in [0.15, 0.2) is 0 Å². The molecule has 21 heavy (non-hydrogen) atoms.